The van der Waals surface area contributed by atoms with Crippen molar-refractivity contribution in [3.63, 3.8) is 0 Å². The number of aromatic nitrogens is 1. The molecule has 8 rings (SSSR count). The molecule has 364 valence electrons. The van der Waals surface area contributed by atoms with Gasteiger partial charge in [0, 0.05) is 61.5 Å². The number of pyridine rings is 1. The lowest BCUT2D eigenvalue weighted by atomic mass is 9.61. The Balaban J connectivity index is 0.803. The molecule has 4 heterocycles. The van der Waals surface area contributed by atoms with E-state index in [0.29, 0.717) is 58.3 Å². The number of anilines is 2. The second kappa shape index (κ2) is 20.5. The minimum Gasteiger partial charge on any atom is -0.506 e. The van der Waals surface area contributed by atoms with Crippen molar-refractivity contribution in [1.29, 1.82) is 0 Å². The SMILES string of the molecule is CN(C(=O)CCN1CCC2(CC1)CC(OC(C(=O)O)(c1cccs1)c1cccs1)C2)c1cccc(C(=O)Nc2ccc(CNC[C@H](O[Si](C)(C)C(C)(C)C)c3ccc(O)c4[nH]c(=O)ccc34)cc2)c1. The minimum absolute atomic E-state index is 0.00690. The maximum absolute atomic E-state index is 13.5. The van der Waals surface area contributed by atoms with Gasteiger partial charge in [0.05, 0.1) is 27.5 Å². The fraction of sp³-hybridized carbons (Fsp3) is 0.396. The van der Waals surface area contributed by atoms with E-state index in [-0.39, 0.29) is 45.8 Å². The summed E-state index contributed by atoms with van der Waals surface area (Å²) in [6.45, 7) is 14.4. The van der Waals surface area contributed by atoms with E-state index >= 15 is 0 Å². The van der Waals surface area contributed by atoms with E-state index < -0.39 is 19.9 Å². The zero-order chi connectivity index (χ0) is 49.1. The van der Waals surface area contributed by atoms with Crippen LogP contribution in [0.1, 0.15) is 90.2 Å². The Morgan fingerprint density at radius 2 is 1.61 bits per heavy atom. The summed E-state index contributed by atoms with van der Waals surface area (Å²) in [5, 5.41) is 32.1. The van der Waals surface area contributed by atoms with Crippen molar-refractivity contribution in [2.24, 2.45) is 5.41 Å². The van der Waals surface area contributed by atoms with Crippen LogP contribution in [-0.2, 0) is 30.9 Å². The number of nitrogens with one attached hydrogen (secondary N) is 3. The second-order valence-corrected chi connectivity index (χ2v) is 26.8. The highest BCUT2D eigenvalue weighted by molar-refractivity contribution is 7.12. The maximum atomic E-state index is 13.5. The predicted octanol–water partition coefficient (Wildman–Crippen LogP) is 10.1. The number of benzene rings is 3. The molecular weight excluding hydrogens is 927 g/mol. The average Bonchev–Trinajstić information content (AvgIpc) is 4.07. The number of aromatic amines is 1. The number of hydrogen-bond acceptors (Lipinski definition) is 11. The van der Waals surface area contributed by atoms with Crippen molar-refractivity contribution >= 4 is 71.1 Å². The third-order valence-corrected chi connectivity index (χ3v) is 20.9. The molecule has 69 heavy (non-hydrogen) atoms. The molecular formula is C53H63N5O8S2Si. The van der Waals surface area contributed by atoms with Crippen LogP contribution in [0.25, 0.3) is 10.9 Å². The number of fused-ring (bicyclic) bond motifs is 1. The van der Waals surface area contributed by atoms with Crippen molar-refractivity contribution in [3.8, 4) is 5.75 Å². The first-order valence-corrected chi connectivity index (χ1v) is 28.3. The Hall–Kier alpha value is -5.46. The topological polar surface area (TPSA) is 174 Å². The van der Waals surface area contributed by atoms with Gasteiger partial charge in [0.1, 0.15) is 5.75 Å². The number of aromatic hydroxyl groups is 1. The van der Waals surface area contributed by atoms with Gasteiger partial charge in [-0.1, -0.05) is 57.2 Å². The molecule has 0 bridgehead atoms. The number of thiophene rings is 2. The monoisotopic (exact) mass is 989 g/mol. The number of aliphatic carboxylic acids is 1. The molecule has 13 nitrogen and oxygen atoms in total. The number of amides is 2. The van der Waals surface area contributed by atoms with Crippen molar-refractivity contribution in [2.75, 3.05) is 43.4 Å². The van der Waals surface area contributed by atoms with Crippen LogP contribution >= 0.6 is 22.7 Å². The molecule has 5 N–H and O–H groups in total. The lowest BCUT2D eigenvalue weighted by molar-refractivity contribution is -0.190. The molecule has 2 aliphatic rings. The lowest BCUT2D eigenvalue weighted by Gasteiger charge is -2.53. The number of hydrogen-bond donors (Lipinski definition) is 5. The molecule has 0 radical (unpaired) electrons. The van der Waals surface area contributed by atoms with Crippen LogP contribution in [0, 0.1) is 5.41 Å². The van der Waals surface area contributed by atoms with Gasteiger partial charge in [-0.05, 0) is 139 Å². The zero-order valence-electron chi connectivity index (χ0n) is 40.2. The number of carbonyl (C=O) groups excluding carboxylic acids is 2. The van der Waals surface area contributed by atoms with Gasteiger partial charge in [0.2, 0.25) is 17.1 Å². The number of rotatable bonds is 18. The lowest BCUT2D eigenvalue weighted by Crippen LogP contribution is -2.53. The Kier molecular flexibility index (Phi) is 14.8. The average molecular weight is 990 g/mol. The van der Waals surface area contributed by atoms with Crippen LogP contribution in [0.2, 0.25) is 18.1 Å². The van der Waals surface area contributed by atoms with Gasteiger partial charge in [-0.15, -0.1) is 22.7 Å². The highest BCUT2D eigenvalue weighted by Gasteiger charge is 2.54. The molecule has 0 unspecified atom stereocenters. The van der Waals surface area contributed by atoms with Crippen LogP contribution in [0.3, 0.4) is 0 Å². The molecule has 3 aromatic carbocycles. The number of carboxylic acids is 1. The summed E-state index contributed by atoms with van der Waals surface area (Å²) in [5.74, 6) is -1.30. The molecule has 3 aromatic heterocycles. The van der Waals surface area contributed by atoms with Gasteiger partial charge in [0.15, 0.2) is 8.32 Å². The predicted molar refractivity (Wildman–Crippen MR) is 277 cm³/mol. The third-order valence-electron chi connectivity index (χ3n) is 14.5. The van der Waals surface area contributed by atoms with Crippen LogP contribution in [0.15, 0.2) is 113 Å². The van der Waals surface area contributed by atoms with Crippen LogP contribution in [0.4, 0.5) is 11.4 Å². The number of piperidine rings is 1. The van der Waals surface area contributed by atoms with Crippen molar-refractivity contribution in [2.45, 2.75) is 95.4 Å². The number of ether oxygens (including phenoxy) is 1. The van der Waals surface area contributed by atoms with E-state index in [1.165, 1.54) is 28.7 Å². The van der Waals surface area contributed by atoms with Gasteiger partial charge in [-0.3, -0.25) is 14.4 Å². The van der Waals surface area contributed by atoms with E-state index in [2.05, 4.69) is 54.4 Å². The summed E-state index contributed by atoms with van der Waals surface area (Å²) in [5.41, 5.74) is 2.33. The van der Waals surface area contributed by atoms with E-state index in [9.17, 15) is 29.4 Å². The van der Waals surface area contributed by atoms with Crippen LogP contribution in [0.5, 0.6) is 5.75 Å². The molecule has 2 amide bonds. The van der Waals surface area contributed by atoms with E-state index in [0.717, 1.165) is 55.3 Å². The molecule has 1 spiro atoms. The number of phenolic OH excluding ortho intramolecular Hbond substituents is 1. The summed E-state index contributed by atoms with van der Waals surface area (Å²) in [7, 11) is -0.501. The molecule has 2 fully saturated rings. The summed E-state index contributed by atoms with van der Waals surface area (Å²) in [4.78, 5) is 60.0. The molecule has 1 saturated carbocycles. The summed E-state index contributed by atoms with van der Waals surface area (Å²) < 4.78 is 13.5. The fourth-order valence-corrected chi connectivity index (χ4v) is 12.4. The van der Waals surface area contributed by atoms with Crippen LogP contribution < -0.4 is 21.1 Å². The molecule has 16 heteroatoms. The largest absolute Gasteiger partial charge is 0.506 e. The van der Waals surface area contributed by atoms with E-state index in [1.807, 2.05) is 71.4 Å². The summed E-state index contributed by atoms with van der Waals surface area (Å²) in [6.07, 6.45) is 3.45. The minimum atomic E-state index is -2.24. The summed E-state index contributed by atoms with van der Waals surface area (Å²) >= 11 is 2.81. The van der Waals surface area contributed by atoms with E-state index in [1.54, 1.807) is 42.3 Å². The van der Waals surface area contributed by atoms with Crippen LogP contribution in [-0.4, -0.2) is 85.5 Å². The smallest absolute Gasteiger partial charge is 0.347 e. The Bertz CT molecular complexity index is 2770. The molecule has 1 saturated heterocycles. The Morgan fingerprint density at radius 1 is 0.928 bits per heavy atom. The standard InChI is InChI=1S/C53H63N5O8S2Si/c1-51(2,3)69(5,6)66-43(40-18-20-42(59)48-41(40)19-21-46(60)56-48)34-54-33-35-14-16-37(17-15-35)55-49(62)36-10-7-11-38(30-36)57(4)47(61)22-25-58-26-23-52(24-27-58)31-39(32-52)65-53(50(63)64,44-12-8-28-67-44)45-13-9-29-68-45/h7-21,28-30,39,43,54,59H,22-27,31-34H2,1-6H3,(H,55,62)(H,56,60)(H,63,64)/t43-/m0/s1. The fourth-order valence-electron chi connectivity index (χ4n) is 9.32. The first kappa shape index (κ1) is 49.9. The van der Waals surface area contributed by atoms with E-state index in [4.69, 9.17) is 9.16 Å². The first-order valence-electron chi connectivity index (χ1n) is 23.6. The van der Waals surface area contributed by atoms with Crippen molar-refractivity contribution in [3.05, 3.63) is 145 Å². The molecule has 1 aliphatic carbocycles. The van der Waals surface area contributed by atoms with Gasteiger partial charge in [0.25, 0.3) is 5.91 Å². The molecule has 1 atom stereocenters. The highest BCUT2D eigenvalue weighted by atomic mass is 32.1. The first-order chi connectivity index (χ1) is 32.9. The second-order valence-electron chi connectivity index (χ2n) is 20.1. The number of carbonyl (C=O) groups is 3. The van der Waals surface area contributed by atoms with Crippen molar-refractivity contribution in [1.82, 2.24) is 15.2 Å². The number of likely N-dealkylation sites (tertiary alicyclic amines) is 1. The maximum Gasteiger partial charge on any atom is 0.347 e. The molecule has 1 aliphatic heterocycles. The number of carboxylic acid groups (broad SMARTS) is 1. The van der Waals surface area contributed by atoms with Crippen molar-refractivity contribution < 1.29 is 33.8 Å². The Labute approximate surface area is 412 Å². The summed E-state index contributed by atoms with van der Waals surface area (Å²) in [6, 6.07) is 28.8. The number of phenols is 1. The quantitative estimate of drug-likeness (QED) is 0.0522. The van der Waals surface area contributed by atoms with Gasteiger partial charge >= 0.3 is 5.97 Å². The third kappa shape index (κ3) is 11.0. The Morgan fingerprint density at radius 3 is 2.23 bits per heavy atom. The zero-order valence-corrected chi connectivity index (χ0v) is 42.8. The highest BCUT2D eigenvalue weighted by Crippen LogP contribution is 2.53. The normalized spacial score (nSPS) is 16.0. The number of nitrogens with zero attached hydrogens (tertiary/aromatic N) is 2. The molecule has 6 aromatic rings. The van der Waals surface area contributed by atoms with Gasteiger partial charge < -0.3 is 44.8 Å². The number of H-pyrrole nitrogens is 1. The van der Waals surface area contributed by atoms with Gasteiger partial charge in [-0.25, -0.2) is 4.79 Å². The van der Waals surface area contributed by atoms with Gasteiger partial charge in [-0.2, -0.15) is 0 Å².